The normalized spacial score (nSPS) is 27.4. The van der Waals surface area contributed by atoms with Gasteiger partial charge in [0.25, 0.3) is 0 Å². The minimum Gasteiger partial charge on any atom is -0.481 e. The monoisotopic (exact) mass is 208 g/mol. The van der Waals surface area contributed by atoms with E-state index in [4.69, 9.17) is 5.11 Å². The Bertz CT molecular complexity index is 395. The second-order valence-corrected chi connectivity index (χ2v) is 4.67. The van der Waals surface area contributed by atoms with E-state index < -0.39 is 5.97 Å². The summed E-state index contributed by atoms with van der Waals surface area (Å²) in [6, 6.07) is 6.10. The fourth-order valence-electron chi connectivity index (χ4n) is 2.39. The number of benzene rings is 1. The quantitative estimate of drug-likeness (QED) is 0.811. The van der Waals surface area contributed by atoms with Crippen molar-refractivity contribution in [3.8, 4) is 0 Å². The smallest absolute Gasteiger partial charge is 0.307 e. The molecule has 0 amide bonds. The lowest BCUT2D eigenvalue weighted by atomic mass is 10.0. The zero-order valence-corrected chi connectivity index (χ0v) is 8.70. The van der Waals surface area contributed by atoms with Gasteiger partial charge >= 0.3 is 5.97 Å². The first-order valence-corrected chi connectivity index (χ1v) is 4.93. The molecule has 0 bridgehead atoms. The molecule has 15 heavy (non-hydrogen) atoms. The van der Waals surface area contributed by atoms with Crippen molar-refractivity contribution in [2.75, 3.05) is 0 Å². The highest BCUT2D eigenvalue weighted by atomic mass is 19.1. The third-order valence-corrected chi connectivity index (χ3v) is 3.32. The maximum Gasteiger partial charge on any atom is 0.307 e. The van der Waals surface area contributed by atoms with Crippen molar-refractivity contribution in [3.05, 3.63) is 35.6 Å². The highest BCUT2D eigenvalue weighted by Crippen LogP contribution is 2.64. The van der Waals surface area contributed by atoms with E-state index in [-0.39, 0.29) is 23.1 Å². The van der Waals surface area contributed by atoms with Crippen molar-refractivity contribution >= 4 is 5.97 Å². The first kappa shape index (κ1) is 10.1. The molecule has 2 unspecified atom stereocenters. The van der Waals surface area contributed by atoms with Crippen LogP contribution >= 0.6 is 0 Å². The largest absolute Gasteiger partial charge is 0.481 e. The number of aliphatic carboxylic acids is 1. The van der Waals surface area contributed by atoms with Crippen LogP contribution in [0.5, 0.6) is 0 Å². The van der Waals surface area contributed by atoms with Gasteiger partial charge in [0, 0.05) is 5.92 Å². The Hall–Kier alpha value is -1.38. The van der Waals surface area contributed by atoms with Crippen molar-refractivity contribution < 1.29 is 14.3 Å². The van der Waals surface area contributed by atoms with Gasteiger partial charge in [-0.15, -0.1) is 0 Å². The van der Waals surface area contributed by atoms with Crippen molar-refractivity contribution in [1.82, 2.24) is 0 Å². The van der Waals surface area contributed by atoms with Gasteiger partial charge in [0.1, 0.15) is 5.82 Å². The minimum atomic E-state index is -0.769. The van der Waals surface area contributed by atoms with Gasteiger partial charge in [-0.3, -0.25) is 4.79 Å². The van der Waals surface area contributed by atoms with Gasteiger partial charge in [0.05, 0.1) is 5.92 Å². The molecule has 1 aliphatic rings. The average molecular weight is 208 g/mol. The first-order chi connectivity index (χ1) is 6.94. The molecule has 0 aliphatic heterocycles. The molecule has 1 aliphatic carbocycles. The molecule has 0 heterocycles. The predicted octanol–water partition coefficient (Wildman–Crippen LogP) is 2.65. The predicted molar refractivity (Wildman–Crippen MR) is 54.0 cm³/mol. The number of carboxylic acid groups (broad SMARTS) is 1. The Kier molecular flexibility index (Phi) is 2.07. The molecule has 0 saturated heterocycles. The summed E-state index contributed by atoms with van der Waals surface area (Å²) in [5, 5.41) is 9.00. The van der Waals surface area contributed by atoms with Gasteiger partial charge in [-0.1, -0.05) is 26.0 Å². The molecule has 2 rings (SSSR count). The fourth-order valence-corrected chi connectivity index (χ4v) is 2.39. The van der Waals surface area contributed by atoms with Crippen LogP contribution in [-0.2, 0) is 4.79 Å². The molecule has 1 aromatic rings. The molecule has 3 heteroatoms. The molecule has 0 aromatic heterocycles. The molecule has 1 saturated carbocycles. The second kappa shape index (κ2) is 3.05. The van der Waals surface area contributed by atoms with Crippen LogP contribution in [0.2, 0.25) is 0 Å². The molecule has 0 radical (unpaired) electrons. The minimum absolute atomic E-state index is 0.00981. The van der Waals surface area contributed by atoms with Crippen LogP contribution in [0.1, 0.15) is 25.3 Å². The van der Waals surface area contributed by atoms with Crippen LogP contribution in [0.25, 0.3) is 0 Å². The fraction of sp³-hybridized carbons (Fsp3) is 0.417. The van der Waals surface area contributed by atoms with Crippen LogP contribution in [0.3, 0.4) is 0 Å². The van der Waals surface area contributed by atoms with E-state index in [2.05, 4.69) is 0 Å². The van der Waals surface area contributed by atoms with Crippen molar-refractivity contribution in [2.45, 2.75) is 19.8 Å². The maximum atomic E-state index is 12.7. The van der Waals surface area contributed by atoms with Crippen LogP contribution in [-0.4, -0.2) is 11.1 Å². The Balaban J connectivity index is 2.27. The number of hydrogen-bond acceptors (Lipinski definition) is 1. The lowest BCUT2D eigenvalue weighted by molar-refractivity contribution is -0.139. The Morgan fingerprint density at radius 2 is 1.87 bits per heavy atom. The zero-order chi connectivity index (χ0) is 11.2. The summed E-state index contributed by atoms with van der Waals surface area (Å²) in [5.74, 6) is -1.39. The summed E-state index contributed by atoms with van der Waals surface area (Å²) in [6.45, 7) is 3.86. The van der Waals surface area contributed by atoms with Crippen LogP contribution in [0.4, 0.5) is 4.39 Å². The third kappa shape index (κ3) is 1.52. The Labute approximate surface area is 87.7 Å². The molecule has 80 valence electrons. The Morgan fingerprint density at radius 1 is 1.33 bits per heavy atom. The summed E-state index contributed by atoms with van der Waals surface area (Å²) in [4.78, 5) is 11.0. The second-order valence-electron chi connectivity index (χ2n) is 4.67. The molecule has 2 nitrogen and oxygen atoms in total. The number of carboxylic acids is 1. The van der Waals surface area contributed by atoms with E-state index in [0.29, 0.717) is 0 Å². The zero-order valence-electron chi connectivity index (χ0n) is 8.70. The van der Waals surface area contributed by atoms with Crippen molar-refractivity contribution in [2.24, 2.45) is 11.3 Å². The summed E-state index contributed by atoms with van der Waals surface area (Å²) >= 11 is 0. The number of rotatable bonds is 2. The van der Waals surface area contributed by atoms with E-state index in [1.165, 1.54) is 12.1 Å². The molecule has 1 N–H and O–H groups in total. The molecule has 2 atom stereocenters. The number of hydrogen-bond donors (Lipinski definition) is 1. The maximum absolute atomic E-state index is 12.7. The molecule has 1 fully saturated rings. The molecule has 1 aromatic carbocycles. The number of carbonyl (C=O) groups is 1. The lowest BCUT2D eigenvalue weighted by Gasteiger charge is -2.01. The van der Waals surface area contributed by atoms with Crippen LogP contribution in [0.15, 0.2) is 24.3 Å². The topological polar surface area (TPSA) is 37.3 Å². The standard InChI is InChI=1S/C12H13FO2/c1-12(2)9(10(12)11(14)15)7-3-5-8(13)6-4-7/h3-6,9-10H,1-2H3,(H,14,15). The van der Waals surface area contributed by atoms with Crippen molar-refractivity contribution in [3.63, 3.8) is 0 Å². The van der Waals surface area contributed by atoms with Gasteiger partial charge in [-0.2, -0.15) is 0 Å². The third-order valence-electron chi connectivity index (χ3n) is 3.32. The van der Waals surface area contributed by atoms with Gasteiger partial charge in [0.15, 0.2) is 0 Å². The Morgan fingerprint density at radius 3 is 2.27 bits per heavy atom. The van der Waals surface area contributed by atoms with Gasteiger partial charge < -0.3 is 5.11 Å². The van der Waals surface area contributed by atoms with E-state index in [1.807, 2.05) is 13.8 Å². The highest BCUT2D eigenvalue weighted by Gasteiger charge is 2.62. The van der Waals surface area contributed by atoms with Crippen molar-refractivity contribution in [1.29, 1.82) is 0 Å². The van der Waals surface area contributed by atoms with Crippen LogP contribution in [0, 0.1) is 17.2 Å². The van der Waals surface area contributed by atoms with Gasteiger partial charge in [-0.25, -0.2) is 4.39 Å². The summed E-state index contributed by atoms with van der Waals surface area (Å²) in [5.41, 5.74) is 0.692. The first-order valence-electron chi connectivity index (χ1n) is 4.93. The average Bonchev–Trinajstić information content (AvgIpc) is 2.70. The molecule has 0 spiro atoms. The SMILES string of the molecule is CC1(C)C(C(=O)O)C1c1ccc(F)cc1. The highest BCUT2D eigenvalue weighted by molar-refractivity contribution is 5.77. The van der Waals surface area contributed by atoms with Gasteiger partial charge in [0.2, 0.25) is 0 Å². The lowest BCUT2D eigenvalue weighted by Crippen LogP contribution is -2.03. The van der Waals surface area contributed by atoms with E-state index in [0.717, 1.165) is 5.56 Å². The summed E-state index contributed by atoms with van der Waals surface area (Å²) in [6.07, 6.45) is 0. The molecular weight excluding hydrogens is 195 g/mol. The van der Waals surface area contributed by atoms with Crippen LogP contribution < -0.4 is 0 Å². The number of halogens is 1. The molecular formula is C12H13FO2. The van der Waals surface area contributed by atoms with Gasteiger partial charge in [-0.05, 0) is 23.1 Å². The van der Waals surface area contributed by atoms with E-state index in [1.54, 1.807) is 12.1 Å². The summed E-state index contributed by atoms with van der Waals surface area (Å²) < 4.78 is 12.7. The summed E-state index contributed by atoms with van der Waals surface area (Å²) in [7, 11) is 0. The van der Waals surface area contributed by atoms with E-state index >= 15 is 0 Å². The van der Waals surface area contributed by atoms with E-state index in [9.17, 15) is 9.18 Å².